The van der Waals surface area contributed by atoms with E-state index in [0.717, 1.165) is 92.6 Å². The maximum Gasteiger partial charge on any atom is 0.257 e. The molecule has 0 atom stereocenters. The van der Waals surface area contributed by atoms with Crippen LogP contribution < -0.4 is 39.7 Å². The summed E-state index contributed by atoms with van der Waals surface area (Å²) in [5, 5.41) is 4.03. The summed E-state index contributed by atoms with van der Waals surface area (Å²) in [6.07, 6.45) is 31.4. The molecule has 0 radical (unpaired) electrons. The van der Waals surface area contributed by atoms with Crippen LogP contribution in [0.2, 0.25) is 0 Å². The number of H-pyrrole nitrogens is 4. The van der Waals surface area contributed by atoms with Crippen LogP contribution in [0.3, 0.4) is 0 Å². The normalized spacial score (nSPS) is 12.7. The van der Waals surface area contributed by atoms with E-state index in [1.165, 1.54) is 73.6 Å². The van der Waals surface area contributed by atoms with Gasteiger partial charge < -0.3 is 19.9 Å². The smallest absolute Gasteiger partial charge is 0.257 e. The summed E-state index contributed by atoms with van der Waals surface area (Å²) in [5.41, 5.74) is 13.6. The lowest BCUT2D eigenvalue weighted by molar-refractivity contribution is -0.580. The van der Waals surface area contributed by atoms with Crippen LogP contribution in [-0.2, 0) is 25.7 Å². The first-order valence-corrected chi connectivity index (χ1v) is 23.8. The van der Waals surface area contributed by atoms with Crippen molar-refractivity contribution >= 4 is 22.8 Å². The van der Waals surface area contributed by atoms with E-state index in [2.05, 4.69) is 213 Å². The van der Waals surface area contributed by atoms with Gasteiger partial charge in [-0.25, -0.2) is 0 Å². The SMILES string of the molecule is CCCCc1cc[n+](C2=c3ccc([nH]3)=C([n+]3ccc(CCCC)cc3)c3ccc([nH]3)C([n+]3ccc(CCCC)cc3)=c3ccc([nH]3)=C([n+]3ccc(CCCC)cc3)c3ccc2[nH]3)cc1. The number of rotatable bonds is 16. The highest BCUT2D eigenvalue weighted by Gasteiger charge is 2.27. The predicted octanol–water partition coefficient (Wildman–Crippen LogP) is 6.65. The third-order valence-electron chi connectivity index (χ3n) is 12.7. The molecular formula is C56H64N8+4. The van der Waals surface area contributed by atoms with Gasteiger partial charge in [0.15, 0.2) is 49.6 Å². The Kier molecular flexibility index (Phi) is 13.1. The molecule has 1 aliphatic rings. The van der Waals surface area contributed by atoms with E-state index in [-0.39, 0.29) is 0 Å². The number of pyridine rings is 4. The van der Waals surface area contributed by atoms with Crippen molar-refractivity contribution in [1.29, 1.82) is 0 Å². The molecule has 4 N–H and O–H groups in total. The molecule has 0 saturated carbocycles. The largest absolute Gasteiger partial charge is 0.345 e. The molecule has 8 aromatic rings. The second-order valence-electron chi connectivity index (χ2n) is 17.4. The molecule has 8 nitrogen and oxygen atoms in total. The number of nitrogens with one attached hydrogen (secondary N) is 4. The standard InChI is InChI=1S/C56H64N8/c1-5-9-13-41-25-33-61(34-26-41)53-45-17-19-47(57-45)54(62-35-27-42(28-36-62)14-10-6-2)49-21-23-51(59-49)56(64-39-31-44(32-40-64)16-12-8-4)52-24-22-50(60-52)55(48-20-18-46(53)58-48)63-37-29-43(30-38-63)15-11-7-3/h17-40,57-60H,5-16H2,1-4H3/q+4. The number of unbranched alkanes of at least 4 members (excludes halogenated alkanes) is 4. The van der Waals surface area contributed by atoms with E-state index < -0.39 is 0 Å². The quantitative estimate of drug-likeness (QED) is 0.0787. The molecular weight excluding hydrogens is 785 g/mol. The third-order valence-corrected chi connectivity index (χ3v) is 12.7. The Balaban J connectivity index is 1.32. The number of hydrogen-bond donors (Lipinski definition) is 4. The fourth-order valence-corrected chi connectivity index (χ4v) is 8.99. The highest BCUT2D eigenvalue weighted by Crippen LogP contribution is 2.17. The highest BCUT2D eigenvalue weighted by molar-refractivity contribution is 5.64. The summed E-state index contributed by atoms with van der Waals surface area (Å²) >= 11 is 0. The average molecular weight is 849 g/mol. The van der Waals surface area contributed by atoms with Gasteiger partial charge in [-0.3, -0.25) is 0 Å². The lowest BCUT2D eigenvalue weighted by Crippen LogP contribution is -2.41. The van der Waals surface area contributed by atoms with E-state index in [0.29, 0.717) is 0 Å². The van der Waals surface area contributed by atoms with E-state index in [1.807, 2.05) is 0 Å². The number of nitrogens with zero attached hydrogens (tertiary/aromatic N) is 4. The molecule has 8 bridgehead atoms. The van der Waals surface area contributed by atoms with Crippen molar-refractivity contribution < 1.29 is 18.3 Å². The molecule has 9 heterocycles. The first-order valence-electron chi connectivity index (χ1n) is 23.8. The van der Waals surface area contributed by atoms with Gasteiger partial charge in [-0.15, -0.1) is 0 Å². The molecule has 64 heavy (non-hydrogen) atoms. The first-order chi connectivity index (χ1) is 31.5. The molecule has 324 valence electrons. The topological polar surface area (TPSA) is 78.7 Å². The lowest BCUT2D eigenvalue weighted by Gasteiger charge is -2.05. The molecule has 0 aliphatic carbocycles. The van der Waals surface area contributed by atoms with Crippen LogP contribution in [0.25, 0.3) is 22.8 Å². The Hall–Kier alpha value is -6.80. The zero-order valence-corrected chi connectivity index (χ0v) is 38.1. The van der Waals surface area contributed by atoms with Crippen molar-refractivity contribution in [2.75, 3.05) is 0 Å². The summed E-state index contributed by atoms with van der Waals surface area (Å²) in [6, 6.07) is 35.9. The molecule has 0 spiro atoms. The van der Waals surface area contributed by atoms with E-state index in [1.54, 1.807) is 0 Å². The van der Waals surface area contributed by atoms with Gasteiger partial charge in [0.05, 0.1) is 0 Å². The number of aromatic nitrogens is 8. The van der Waals surface area contributed by atoms with Crippen LogP contribution in [0.5, 0.6) is 0 Å². The van der Waals surface area contributed by atoms with Crippen molar-refractivity contribution in [2.24, 2.45) is 0 Å². The maximum atomic E-state index is 3.93. The molecule has 0 amide bonds. The lowest BCUT2D eigenvalue weighted by atomic mass is 10.1. The van der Waals surface area contributed by atoms with Crippen molar-refractivity contribution in [3.8, 4) is 0 Å². The van der Waals surface area contributed by atoms with Crippen molar-refractivity contribution in [3.63, 3.8) is 0 Å². The van der Waals surface area contributed by atoms with Gasteiger partial charge >= 0.3 is 0 Å². The van der Waals surface area contributed by atoms with E-state index in [4.69, 9.17) is 0 Å². The Labute approximate surface area is 377 Å². The number of fused-ring (bicyclic) bond motifs is 8. The van der Waals surface area contributed by atoms with Gasteiger partial charge in [0.25, 0.3) is 22.8 Å². The van der Waals surface area contributed by atoms with Crippen LogP contribution in [0.15, 0.2) is 147 Å². The van der Waals surface area contributed by atoms with Crippen LogP contribution >= 0.6 is 0 Å². The zero-order chi connectivity index (χ0) is 43.8. The molecule has 0 saturated heterocycles. The molecule has 0 fully saturated rings. The number of hydrogen-bond acceptors (Lipinski definition) is 0. The highest BCUT2D eigenvalue weighted by atomic mass is 15.0. The van der Waals surface area contributed by atoms with Crippen molar-refractivity contribution in [3.05, 3.63) is 213 Å². The Bertz CT molecular complexity index is 2650. The first kappa shape index (κ1) is 42.5. The Morgan fingerprint density at radius 2 is 0.500 bits per heavy atom. The van der Waals surface area contributed by atoms with E-state index >= 15 is 0 Å². The van der Waals surface area contributed by atoms with Gasteiger partial charge in [0.2, 0.25) is 0 Å². The molecule has 9 rings (SSSR count). The summed E-state index contributed by atoms with van der Waals surface area (Å²) in [6.45, 7) is 9.01. The summed E-state index contributed by atoms with van der Waals surface area (Å²) < 4.78 is 9.00. The van der Waals surface area contributed by atoms with Gasteiger partial charge in [0, 0.05) is 48.5 Å². The predicted molar refractivity (Wildman–Crippen MR) is 254 cm³/mol. The minimum absolute atomic E-state index is 1.01. The van der Waals surface area contributed by atoms with E-state index in [9.17, 15) is 0 Å². The fourth-order valence-electron chi connectivity index (χ4n) is 8.99. The van der Waals surface area contributed by atoms with Gasteiger partial charge in [-0.2, -0.15) is 18.3 Å². The van der Waals surface area contributed by atoms with Gasteiger partial charge in [0.1, 0.15) is 44.2 Å². The van der Waals surface area contributed by atoms with Crippen LogP contribution in [0.4, 0.5) is 0 Å². The molecule has 0 aromatic carbocycles. The summed E-state index contributed by atoms with van der Waals surface area (Å²) in [4.78, 5) is 15.7. The minimum atomic E-state index is 1.01. The fraction of sp³-hybridized carbons (Fsp3) is 0.286. The van der Waals surface area contributed by atoms with Crippen LogP contribution in [0.1, 0.15) is 124 Å². The van der Waals surface area contributed by atoms with Crippen LogP contribution in [-0.4, -0.2) is 19.9 Å². The second-order valence-corrected chi connectivity index (χ2v) is 17.4. The zero-order valence-electron chi connectivity index (χ0n) is 38.1. The Morgan fingerprint density at radius 1 is 0.281 bits per heavy atom. The molecule has 1 aliphatic heterocycles. The number of aromatic amines is 4. The second kappa shape index (κ2) is 19.7. The molecule has 0 unspecified atom stereocenters. The summed E-state index contributed by atoms with van der Waals surface area (Å²) in [5.74, 6) is 0. The average Bonchev–Trinajstić information content (AvgIpc) is 4.19. The van der Waals surface area contributed by atoms with Crippen LogP contribution in [0, 0.1) is 0 Å². The monoisotopic (exact) mass is 849 g/mol. The molecule has 8 heteroatoms. The summed E-state index contributed by atoms with van der Waals surface area (Å²) in [7, 11) is 0. The Morgan fingerprint density at radius 3 is 0.703 bits per heavy atom. The maximum absolute atomic E-state index is 3.93. The third kappa shape index (κ3) is 9.14. The van der Waals surface area contributed by atoms with Crippen molar-refractivity contribution in [2.45, 2.75) is 105 Å². The molecule has 8 aromatic heterocycles. The van der Waals surface area contributed by atoms with Gasteiger partial charge in [-0.05, 0) is 122 Å². The number of aryl methyl sites for hydroxylation is 4. The van der Waals surface area contributed by atoms with Gasteiger partial charge in [-0.1, -0.05) is 53.4 Å². The minimum Gasteiger partial charge on any atom is -0.345 e. The van der Waals surface area contributed by atoms with Crippen molar-refractivity contribution in [1.82, 2.24) is 19.9 Å².